The molecule has 0 spiro atoms. The van der Waals surface area contributed by atoms with Crippen molar-refractivity contribution >= 4 is 0 Å². The maximum atomic E-state index is 5.61. The Labute approximate surface area is 78.5 Å². The average Bonchev–Trinajstić information content (AvgIpc) is 2.20. The summed E-state index contributed by atoms with van der Waals surface area (Å²) in [5, 5.41) is 3.15. The lowest BCUT2D eigenvalue weighted by Gasteiger charge is -2.52. The lowest BCUT2D eigenvalue weighted by molar-refractivity contribution is -0.470. The van der Waals surface area contributed by atoms with Crippen molar-refractivity contribution in [1.82, 2.24) is 5.32 Å². The Hall–Kier alpha value is -0.160. The molecule has 0 radical (unpaired) electrons. The van der Waals surface area contributed by atoms with Crippen LogP contribution in [0.25, 0.3) is 0 Å². The zero-order valence-corrected chi connectivity index (χ0v) is 8.42. The summed E-state index contributed by atoms with van der Waals surface area (Å²) in [4.78, 5) is 0. The summed E-state index contributed by atoms with van der Waals surface area (Å²) in [6, 6.07) is 0. The van der Waals surface area contributed by atoms with E-state index in [-0.39, 0.29) is 5.54 Å². The second kappa shape index (κ2) is 2.92. The van der Waals surface area contributed by atoms with E-state index in [1.54, 1.807) is 0 Å². The molecule has 2 bridgehead atoms. The average molecular weight is 187 g/mol. The molecule has 0 aromatic rings. The Morgan fingerprint density at radius 2 is 1.62 bits per heavy atom. The molecular weight excluding hydrogens is 170 g/mol. The third-order valence-electron chi connectivity index (χ3n) is 2.92. The molecule has 4 heteroatoms. The number of nitrogens with one attached hydrogen (secondary N) is 1. The molecule has 1 N–H and O–H groups in total. The van der Waals surface area contributed by atoms with Crippen molar-refractivity contribution in [2.45, 2.75) is 25.4 Å². The van der Waals surface area contributed by atoms with E-state index in [0.29, 0.717) is 5.92 Å². The van der Waals surface area contributed by atoms with E-state index in [1.165, 1.54) is 0 Å². The first-order valence-electron chi connectivity index (χ1n) is 4.70. The van der Waals surface area contributed by atoms with Crippen LogP contribution in [0.1, 0.15) is 13.8 Å². The molecule has 76 valence electrons. The molecule has 0 aromatic heterocycles. The van der Waals surface area contributed by atoms with E-state index in [1.807, 2.05) is 20.9 Å². The van der Waals surface area contributed by atoms with Crippen LogP contribution in [0.5, 0.6) is 0 Å². The van der Waals surface area contributed by atoms with Gasteiger partial charge >= 0.3 is 5.97 Å². The van der Waals surface area contributed by atoms with Crippen LogP contribution in [-0.4, -0.2) is 38.4 Å². The molecule has 3 saturated heterocycles. The van der Waals surface area contributed by atoms with Gasteiger partial charge in [-0.3, -0.25) is 0 Å². The minimum Gasteiger partial charge on any atom is -0.326 e. The molecule has 4 nitrogen and oxygen atoms in total. The molecule has 13 heavy (non-hydrogen) atoms. The van der Waals surface area contributed by atoms with Gasteiger partial charge < -0.3 is 19.5 Å². The van der Waals surface area contributed by atoms with Crippen molar-refractivity contribution in [2.75, 3.05) is 26.9 Å². The maximum Gasteiger partial charge on any atom is 0.301 e. The maximum absolute atomic E-state index is 5.61. The number of hydrogen-bond donors (Lipinski definition) is 1. The summed E-state index contributed by atoms with van der Waals surface area (Å²) in [6.07, 6.45) is 0. The SMILES string of the molecule is CNC(C)(C)C12OCC(CO1)CO2. The molecule has 3 fully saturated rings. The number of rotatable bonds is 2. The third kappa shape index (κ3) is 1.29. The highest BCUT2D eigenvalue weighted by Crippen LogP contribution is 2.37. The van der Waals surface area contributed by atoms with E-state index < -0.39 is 5.97 Å². The van der Waals surface area contributed by atoms with Gasteiger partial charge in [-0.15, -0.1) is 0 Å². The minimum atomic E-state index is -0.878. The fourth-order valence-electron chi connectivity index (χ4n) is 1.65. The van der Waals surface area contributed by atoms with Gasteiger partial charge in [0.2, 0.25) is 0 Å². The van der Waals surface area contributed by atoms with Crippen LogP contribution in [0.4, 0.5) is 0 Å². The summed E-state index contributed by atoms with van der Waals surface area (Å²) in [6.45, 7) is 6.25. The molecule has 3 aliphatic rings. The Morgan fingerprint density at radius 1 is 1.15 bits per heavy atom. The summed E-state index contributed by atoms with van der Waals surface area (Å²) < 4.78 is 16.8. The highest BCUT2D eigenvalue weighted by molar-refractivity contribution is 4.92. The second-order valence-electron chi connectivity index (χ2n) is 4.23. The molecule has 0 amide bonds. The van der Waals surface area contributed by atoms with E-state index in [0.717, 1.165) is 19.8 Å². The first-order valence-corrected chi connectivity index (χ1v) is 4.70. The summed E-state index contributed by atoms with van der Waals surface area (Å²) >= 11 is 0. The lowest BCUT2D eigenvalue weighted by Crippen LogP contribution is -2.68. The van der Waals surface area contributed by atoms with Gasteiger partial charge in [0, 0.05) is 5.92 Å². The van der Waals surface area contributed by atoms with Gasteiger partial charge in [0.1, 0.15) is 0 Å². The van der Waals surface area contributed by atoms with Crippen LogP contribution in [-0.2, 0) is 14.2 Å². The van der Waals surface area contributed by atoms with Gasteiger partial charge in [0.05, 0.1) is 25.4 Å². The zero-order chi connectivity index (χ0) is 9.53. The molecule has 0 saturated carbocycles. The standard InChI is InChI=1S/C9H17NO3/c1-8(2,10-3)9-11-4-7(5-12-9)6-13-9/h7,10H,4-6H2,1-3H3. The van der Waals surface area contributed by atoms with Gasteiger partial charge in [-0.05, 0) is 20.9 Å². The second-order valence-corrected chi connectivity index (χ2v) is 4.23. The van der Waals surface area contributed by atoms with Crippen molar-refractivity contribution < 1.29 is 14.2 Å². The van der Waals surface area contributed by atoms with Crippen LogP contribution in [0.2, 0.25) is 0 Å². The summed E-state index contributed by atoms with van der Waals surface area (Å²) in [5.74, 6) is -0.467. The van der Waals surface area contributed by atoms with Gasteiger partial charge in [-0.2, -0.15) is 0 Å². The molecule has 0 unspecified atom stereocenters. The number of ether oxygens (including phenoxy) is 3. The van der Waals surface area contributed by atoms with Crippen molar-refractivity contribution in [2.24, 2.45) is 5.92 Å². The normalized spacial score (nSPS) is 39.5. The molecule has 3 rings (SSSR count). The van der Waals surface area contributed by atoms with E-state index in [2.05, 4.69) is 5.32 Å². The zero-order valence-electron chi connectivity index (χ0n) is 8.42. The van der Waals surface area contributed by atoms with Crippen molar-refractivity contribution in [1.29, 1.82) is 0 Å². The van der Waals surface area contributed by atoms with Crippen molar-refractivity contribution in [3.05, 3.63) is 0 Å². The Balaban J connectivity index is 2.18. The lowest BCUT2D eigenvalue weighted by atomic mass is 9.98. The van der Waals surface area contributed by atoms with Gasteiger partial charge in [0.15, 0.2) is 0 Å². The number of fused-ring (bicyclic) bond motifs is 3. The van der Waals surface area contributed by atoms with Gasteiger partial charge in [0.25, 0.3) is 0 Å². The Morgan fingerprint density at radius 3 is 2.00 bits per heavy atom. The third-order valence-corrected chi connectivity index (χ3v) is 2.92. The van der Waals surface area contributed by atoms with E-state index >= 15 is 0 Å². The van der Waals surface area contributed by atoms with Crippen LogP contribution in [0.15, 0.2) is 0 Å². The largest absolute Gasteiger partial charge is 0.326 e. The van der Waals surface area contributed by atoms with Crippen molar-refractivity contribution in [3.63, 3.8) is 0 Å². The Kier molecular flexibility index (Phi) is 2.11. The molecule has 3 heterocycles. The molecule has 0 aromatic carbocycles. The minimum absolute atomic E-state index is 0.321. The topological polar surface area (TPSA) is 39.7 Å². The molecule has 0 aliphatic carbocycles. The first kappa shape index (κ1) is 9.40. The molecule has 0 atom stereocenters. The fourth-order valence-corrected chi connectivity index (χ4v) is 1.65. The molecular formula is C9H17NO3. The van der Waals surface area contributed by atoms with Crippen LogP contribution >= 0.6 is 0 Å². The summed E-state index contributed by atoms with van der Waals surface area (Å²) in [7, 11) is 1.88. The summed E-state index contributed by atoms with van der Waals surface area (Å²) in [5.41, 5.74) is -0.321. The van der Waals surface area contributed by atoms with Gasteiger partial charge in [-0.1, -0.05) is 0 Å². The predicted octanol–water partition coefficient (Wildman–Crippen LogP) is 0.331. The predicted molar refractivity (Wildman–Crippen MR) is 47.2 cm³/mol. The van der Waals surface area contributed by atoms with Crippen LogP contribution in [0, 0.1) is 5.92 Å². The number of likely N-dealkylation sites (N-methyl/N-ethyl adjacent to an activating group) is 1. The quantitative estimate of drug-likeness (QED) is 0.676. The number of hydrogen-bond acceptors (Lipinski definition) is 4. The van der Waals surface area contributed by atoms with Crippen LogP contribution < -0.4 is 5.32 Å². The smallest absolute Gasteiger partial charge is 0.301 e. The highest BCUT2D eigenvalue weighted by atomic mass is 16.9. The monoisotopic (exact) mass is 187 g/mol. The van der Waals surface area contributed by atoms with E-state index in [4.69, 9.17) is 14.2 Å². The fraction of sp³-hybridized carbons (Fsp3) is 1.00. The van der Waals surface area contributed by atoms with Crippen LogP contribution in [0.3, 0.4) is 0 Å². The van der Waals surface area contributed by atoms with Gasteiger partial charge in [-0.25, -0.2) is 0 Å². The van der Waals surface area contributed by atoms with Crippen molar-refractivity contribution in [3.8, 4) is 0 Å². The highest BCUT2D eigenvalue weighted by Gasteiger charge is 2.54. The molecule has 3 aliphatic heterocycles. The first-order chi connectivity index (χ1) is 6.10. The van der Waals surface area contributed by atoms with E-state index in [9.17, 15) is 0 Å². The Bertz CT molecular complexity index is 183.